The third-order valence-electron chi connectivity index (χ3n) is 2.45. The highest BCUT2D eigenvalue weighted by Gasteiger charge is 2.10. The lowest BCUT2D eigenvalue weighted by Gasteiger charge is -2.08. The Morgan fingerprint density at radius 3 is 2.67 bits per heavy atom. The second-order valence-electron chi connectivity index (χ2n) is 4.23. The molecule has 0 fully saturated rings. The first-order valence-electron chi connectivity index (χ1n) is 5.89. The summed E-state index contributed by atoms with van der Waals surface area (Å²) in [6.07, 6.45) is 1.13. The Bertz CT molecular complexity index is 750. The third-order valence-corrected chi connectivity index (χ3v) is 3.75. The van der Waals surface area contributed by atoms with Crippen LogP contribution in [-0.2, 0) is 21.2 Å². The minimum absolute atomic E-state index is 0.164. The summed E-state index contributed by atoms with van der Waals surface area (Å²) in [5.74, 6) is 0.933. The highest BCUT2D eigenvalue weighted by molar-refractivity contribution is 7.90. The molecule has 0 saturated heterocycles. The highest BCUT2D eigenvalue weighted by atomic mass is 35.5. The number of hydrogen-bond donors (Lipinski definition) is 0. The number of halogens is 1. The molecule has 6 nitrogen and oxygen atoms in total. The van der Waals surface area contributed by atoms with Crippen molar-refractivity contribution in [1.29, 1.82) is 0 Å². The average Bonchev–Trinajstić information content (AvgIpc) is 2.37. The molecular formula is C13H13ClN2O4S. The molecule has 1 aromatic heterocycles. The Morgan fingerprint density at radius 1 is 1.24 bits per heavy atom. The molecule has 1 heterocycles. The highest BCUT2D eigenvalue weighted by Crippen LogP contribution is 2.24. The smallest absolute Gasteiger partial charge is 0.224 e. The molecule has 1 aromatic carbocycles. The second-order valence-corrected chi connectivity index (χ2v) is 6.63. The molecule has 2 aromatic rings. The maximum atomic E-state index is 11.5. The van der Waals surface area contributed by atoms with Crippen molar-refractivity contribution < 1.29 is 17.9 Å². The number of hydrogen-bond acceptors (Lipinski definition) is 6. The summed E-state index contributed by atoms with van der Waals surface area (Å²) in [4.78, 5) is 8.26. The van der Waals surface area contributed by atoms with Gasteiger partial charge in [-0.2, -0.15) is 4.98 Å². The minimum atomic E-state index is -3.30. The van der Waals surface area contributed by atoms with E-state index in [2.05, 4.69) is 9.97 Å². The zero-order chi connectivity index (χ0) is 15.5. The molecular weight excluding hydrogens is 316 g/mol. The zero-order valence-corrected chi connectivity index (χ0v) is 13.0. The molecule has 21 heavy (non-hydrogen) atoms. The molecule has 0 saturated carbocycles. The summed E-state index contributed by atoms with van der Waals surface area (Å²) in [7, 11) is -1.79. The van der Waals surface area contributed by atoms with Gasteiger partial charge in [-0.1, -0.05) is 17.7 Å². The summed E-state index contributed by atoms with van der Waals surface area (Å²) in [5, 5.41) is 0.214. The van der Waals surface area contributed by atoms with Gasteiger partial charge in [0.05, 0.1) is 4.90 Å². The van der Waals surface area contributed by atoms with Crippen LogP contribution in [0.25, 0.3) is 0 Å². The summed E-state index contributed by atoms with van der Waals surface area (Å²) in [5.41, 5.74) is 0. The van der Waals surface area contributed by atoms with Crippen molar-refractivity contribution >= 4 is 21.4 Å². The van der Waals surface area contributed by atoms with Crippen molar-refractivity contribution in [1.82, 2.24) is 9.97 Å². The third kappa shape index (κ3) is 4.38. The Labute approximate surface area is 127 Å². The molecule has 0 bridgehead atoms. The first kappa shape index (κ1) is 15.7. The van der Waals surface area contributed by atoms with Gasteiger partial charge in [-0.15, -0.1) is 0 Å². The van der Waals surface area contributed by atoms with Crippen molar-refractivity contribution in [3.8, 4) is 11.6 Å². The SMILES string of the molecule is COCc1nc(Cl)cc(Oc2cccc(S(C)(=O)=O)c2)n1. The average molecular weight is 329 g/mol. The van der Waals surface area contributed by atoms with Gasteiger partial charge in [0.2, 0.25) is 5.88 Å². The van der Waals surface area contributed by atoms with Crippen LogP contribution in [-0.4, -0.2) is 31.8 Å². The summed E-state index contributed by atoms with van der Waals surface area (Å²) >= 11 is 5.87. The minimum Gasteiger partial charge on any atom is -0.439 e. The number of aromatic nitrogens is 2. The molecule has 0 aliphatic heterocycles. The topological polar surface area (TPSA) is 78.4 Å². The predicted molar refractivity (Wildman–Crippen MR) is 77.4 cm³/mol. The molecule has 0 amide bonds. The number of sulfone groups is 1. The first-order chi connectivity index (χ1) is 9.88. The fourth-order valence-corrected chi connectivity index (χ4v) is 2.42. The molecule has 0 unspecified atom stereocenters. The van der Waals surface area contributed by atoms with E-state index in [9.17, 15) is 8.42 Å². The molecule has 0 radical (unpaired) electrons. The number of rotatable bonds is 5. The Hall–Kier alpha value is -1.70. The molecule has 2 rings (SSSR count). The van der Waals surface area contributed by atoms with E-state index in [1.807, 2.05) is 0 Å². The van der Waals surface area contributed by atoms with Gasteiger partial charge in [0.1, 0.15) is 17.5 Å². The molecule has 0 spiro atoms. The Morgan fingerprint density at radius 2 is 2.00 bits per heavy atom. The summed E-state index contributed by atoms with van der Waals surface area (Å²) < 4.78 is 33.5. The van der Waals surface area contributed by atoms with E-state index in [1.165, 1.54) is 25.3 Å². The van der Waals surface area contributed by atoms with Crippen molar-refractivity contribution in [2.24, 2.45) is 0 Å². The van der Waals surface area contributed by atoms with Crippen molar-refractivity contribution in [3.63, 3.8) is 0 Å². The normalized spacial score (nSPS) is 11.4. The number of benzene rings is 1. The largest absolute Gasteiger partial charge is 0.439 e. The lowest BCUT2D eigenvalue weighted by Crippen LogP contribution is -2.00. The van der Waals surface area contributed by atoms with Crippen LogP contribution in [0.2, 0.25) is 5.15 Å². The molecule has 0 N–H and O–H groups in total. The Kier molecular flexibility index (Phi) is 4.76. The van der Waals surface area contributed by atoms with Gasteiger partial charge in [-0.3, -0.25) is 0 Å². The number of ether oxygens (including phenoxy) is 2. The maximum Gasteiger partial charge on any atom is 0.224 e. The molecule has 8 heteroatoms. The number of nitrogens with zero attached hydrogens (tertiary/aromatic N) is 2. The van der Waals surface area contributed by atoms with Crippen LogP contribution in [0.4, 0.5) is 0 Å². The molecule has 0 aliphatic carbocycles. The van der Waals surface area contributed by atoms with Crippen LogP contribution in [0.15, 0.2) is 35.2 Å². The van der Waals surface area contributed by atoms with Gasteiger partial charge in [0, 0.05) is 19.4 Å². The summed E-state index contributed by atoms with van der Waals surface area (Å²) in [6.45, 7) is 0.195. The van der Waals surface area contributed by atoms with Crippen molar-refractivity contribution in [2.45, 2.75) is 11.5 Å². The fourth-order valence-electron chi connectivity index (χ4n) is 1.58. The van der Waals surface area contributed by atoms with Crippen LogP contribution in [0, 0.1) is 0 Å². The molecule has 0 atom stereocenters. The predicted octanol–water partition coefficient (Wildman–Crippen LogP) is 2.47. The molecule has 0 aliphatic rings. The van der Waals surface area contributed by atoms with Crippen LogP contribution < -0.4 is 4.74 Å². The second kappa shape index (κ2) is 6.38. The zero-order valence-electron chi connectivity index (χ0n) is 11.4. The quantitative estimate of drug-likeness (QED) is 0.785. The van der Waals surface area contributed by atoms with E-state index in [-0.39, 0.29) is 22.5 Å². The van der Waals surface area contributed by atoms with Crippen LogP contribution in [0.1, 0.15) is 5.82 Å². The monoisotopic (exact) mass is 328 g/mol. The van der Waals surface area contributed by atoms with Gasteiger partial charge in [0.15, 0.2) is 15.7 Å². The standard InChI is InChI=1S/C13H13ClN2O4S/c1-19-8-12-15-11(14)7-13(16-12)20-9-4-3-5-10(6-9)21(2,17)18/h3-7H,8H2,1-2H3. The van der Waals surface area contributed by atoms with E-state index < -0.39 is 9.84 Å². The van der Waals surface area contributed by atoms with Crippen molar-refractivity contribution in [3.05, 3.63) is 41.3 Å². The maximum absolute atomic E-state index is 11.5. The summed E-state index contributed by atoms with van der Waals surface area (Å²) in [6, 6.07) is 7.56. The fraction of sp³-hybridized carbons (Fsp3) is 0.231. The van der Waals surface area contributed by atoms with Gasteiger partial charge >= 0.3 is 0 Å². The van der Waals surface area contributed by atoms with E-state index in [0.717, 1.165) is 6.26 Å². The Balaban J connectivity index is 2.30. The van der Waals surface area contributed by atoms with E-state index in [1.54, 1.807) is 12.1 Å². The molecule has 112 valence electrons. The van der Waals surface area contributed by atoms with Crippen LogP contribution in [0.5, 0.6) is 11.6 Å². The van der Waals surface area contributed by atoms with E-state index in [4.69, 9.17) is 21.1 Å². The van der Waals surface area contributed by atoms with Gasteiger partial charge in [0.25, 0.3) is 0 Å². The lowest BCUT2D eigenvalue weighted by molar-refractivity contribution is 0.177. The van der Waals surface area contributed by atoms with Crippen LogP contribution >= 0.6 is 11.6 Å². The number of methoxy groups -OCH3 is 1. The van der Waals surface area contributed by atoms with E-state index >= 15 is 0 Å². The van der Waals surface area contributed by atoms with Gasteiger partial charge in [-0.05, 0) is 18.2 Å². The first-order valence-corrected chi connectivity index (χ1v) is 8.16. The van der Waals surface area contributed by atoms with E-state index in [0.29, 0.717) is 11.6 Å². The van der Waals surface area contributed by atoms with Gasteiger partial charge < -0.3 is 9.47 Å². The van der Waals surface area contributed by atoms with Gasteiger partial charge in [-0.25, -0.2) is 13.4 Å². The van der Waals surface area contributed by atoms with Crippen LogP contribution in [0.3, 0.4) is 0 Å². The van der Waals surface area contributed by atoms with Crippen molar-refractivity contribution in [2.75, 3.05) is 13.4 Å². The lowest BCUT2D eigenvalue weighted by atomic mass is 10.3.